The molecule has 0 aliphatic rings. The summed E-state index contributed by atoms with van der Waals surface area (Å²) in [5, 5.41) is 0. The standard InChI is InChI=1S/C10H21NO3/c1-7-11(8(2)13-6)9(12)14-10(3,4)5/h8H,7H2,1-6H3. The van der Waals surface area contributed by atoms with Crippen molar-refractivity contribution in [2.24, 2.45) is 0 Å². The Balaban J connectivity index is 4.33. The maximum absolute atomic E-state index is 11.6. The molecule has 0 aliphatic carbocycles. The number of nitrogens with zero attached hydrogens (tertiary/aromatic N) is 1. The fourth-order valence-electron chi connectivity index (χ4n) is 0.982. The highest BCUT2D eigenvalue weighted by Gasteiger charge is 2.24. The third-order valence-electron chi connectivity index (χ3n) is 1.75. The Hall–Kier alpha value is -0.770. The van der Waals surface area contributed by atoms with Gasteiger partial charge in [-0.2, -0.15) is 0 Å². The van der Waals surface area contributed by atoms with Crippen LogP contribution in [0, 0.1) is 0 Å². The molecule has 4 nitrogen and oxygen atoms in total. The third kappa shape index (κ3) is 4.46. The van der Waals surface area contributed by atoms with Gasteiger partial charge in [-0.15, -0.1) is 0 Å². The van der Waals surface area contributed by atoms with Crippen LogP contribution in [-0.2, 0) is 9.47 Å². The van der Waals surface area contributed by atoms with Crippen molar-refractivity contribution in [3.8, 4) is 0 Å². The zero-order chi connectivity index (χ0) is 11.4. The summed E-state index contributed by atoms with van der Waals surface area (Å²) in [6.07, 6.45) is -0.593. The number of methoxy groups -OCH3 is 1. The van der Waals surface area contributed by atoms with E-state index in [-0.39, 0.29) is 12.3 Å². The minimum absolute atomic E-state index is 0.255. The second kappa shape index (κ2) is 5.20. The molecule has 0 saturated heterocycles. The highest BCUT2D eigenvalue weighted by Crippen LogP contribution is 2.11. The van der Waals surface area contributed by atoms with Crippen molar-refractivity contribution in [3.63, 3.8) is 0 Å². The van der Waals surface area contributed by atoms with Crippen molar-refractivity contribution in [1.82, 2.24) is 4.90 Å². The molecule has 1 unspecified atom stereocenters. The SMILES string of the molecule is CCN(C(=O)OC(C)(C)C)C(C)OC. The zero-order valence-electron chi connectivity index (χ0n) is 9.96. The minimum Gasteiger partial charge on any atom is -0.444 e. The molecule has 0 saturated carbocycles. The van der Waals surface area contributed by atoms with Crippen LogP contribution in [-0.4, -0.2) is 36.5 Å². The number of hydrogen-bond acceptors (Lipinski definition) is 3. The molecule has 0 aromatic rings. The first-order valence-electron chi connectivity index (χ1n) is 4.84. The van der Waals surface area contributed by atoms with Crippen molar-refractivity contribution in [1.29, 1.82) is 0 Å². The molecule has 0 aliphatic heterocycles. The van der Waals surface area contributed by atoms with E-state index in [2.05, 4.69) is 0 Å². The van der Waals surface area contributed by atoms with Gasteiger partial charge in [0.05, 0.1) is 0 Å². The van der Waals surface area contributed by atoms with Crippen LogP contribution in [0.25, 0.3) is 0 Å². The Kier molecular flexibility index (Phi) is 4.91. The number of ether oxygens (including phenoxy) is 2. The topological polar surface area (TPSA) is 38.8 Å². The largest absolute Gasteiger partial charge is 0.444 e. The minimum atomic E-state index is -0.460. The summed E-state index contributed by atoms with van der Waals surface area (Å²) in [5.41, 5.74) is -0.460. The lowest BCUT2D eigenvalue weighted by molar-refractivity contribution is -0.0389. The van der Waals surface area contributed by atoms with Crippen molar-refractivity contribution in [2.45, 2.75) is 46.4 Å². The zero-order valence-corrected chi connectivity index (χ0v) is 9.96. The number of hydrogen-bond donors (Lipinski definition) is 0. The van der Waals surface area contributed by atoms with Crippen molar-refractivity contribution < 1.29 is 14.3 Å². The van der Waals surface area contributed by atoms with Crippen LogP contribution < -0.4 is 0 Å². The molecule has 0 N–H and O–H groups in total. The summed E-state index contributed by atoms with van der Waals surface area (Å²) in [4.78, 5) is 13.1. The van der Waals surface area contributed by atoms with Gasteiger partial charge >= 0.3 is 6.09 Å². The summed E-state index contributed by atoms with van der Waals surface area (Å²) in [5.74, 6) is 0. The molecular formula is C10H21NO3. The van der Waals surface area contributed by atoms with Crippen LogP contribution in [0.15, 0.2) is 0 Å². The van der Waals surface area contributed by atoms with Gasteiger partial charge in [-0.1, -0.05) is 0 Å². The first-order valence-corrected chi connectivity index (χ1v) is 4.84. The van der Waals surface area contributed by atoms with Gasteiger partial charge in [0.1, 0.15) is 11.8 Å². The summed E-state index contributed by atoms with van der Waals surface area (Å²) >= 11 is 0. The predicted molar refractivity (Wildman–Crippen MR) is 55.1 cm³/mol. The van der Waals surface area contributed by atoms with Crippen LogP contribution in [0.4, 0.5) is 4.79 Å². The maximum atomic E-state index is 11.6. The van der Waals surface area contributed by atoms with E-state index in [1.807, 2.05) is 34.6 Å². The quantitative estimate of drug-likeness (QED) is 0.660. The number of amides is 1. The van der Waals surface area contributed by atoms with E-state index in [1.54, 1.807) is 7.11 Å². The van der Waals surface area contributed by atoms with Crippen LogP contribution in [0.1, 0.15) is 34.6 Å². The van der Waals surface area contributed by atoms with Gasteiger partial charge in [-0.05, 0) is 34.6 Å². The molecule has 0 bridgehead atoms. The monoisotopic (exact) mass is 203 g/mol. The molecule has 1 atom stereocenters. The second-order valence-electron chi connectivity index (χ2n) is 4.10. The van der Waals surface area contributed by atoms with Crippen molar-refractivity contribution in [3.05, 3.63) is 0 Å². The third-order valence-corrected chi connectivity index (χ3v) is 1.75. The first-order chi connectivity index (χ1) is 6.31. The highest BCUT2D eigenvalue weighted by atomic mass is 16.6. The number of rotatable bonds is 3. The van der Waals surface area contributed by atoms with E-state index in [0.29, 0.717) is 6.54 Å². The van der Waals surface area contributed by atoms with Crippen LogP contribution in [0.3, 0.4) is 0 Å². The Morgan fingerprint density at radius 3 is 2.21 bits per heavy atom. The Bertz CT molecular complexity index is 186. The molecule has 0 aromatic carbocycles. The van der Waals surface area contributed by atoms with Crippen LogP contribution >= 0.6 is 0 Å². The summed E-state index contributed by atoms with van der Waals surface area (Å²) in [7, 11) is 1.57. The highest BCUT2D eigenvalue weighted by molar-refractivity contribution is 5.68. The van der Waals surface area contributed by atoms with E-state index in [4.69, 9.17) is 9.47 Å². The first kappa shape index (κ1) is 13.2. The fourth-order valence-corrected chi connectivity index (χ4v) is 0.982. The van der Waals surface area contributed by atoms with E-state index in [1.165, 1.54) is 4.90 Å². The Labute approximate surface area is 86.2 Å². The van der Waals surface area contributed by atoms with E-state index in [9.17, 15) is 4.79 Å². The van der Waals surface area contributed by atoms with Crippen molar-refractivity contribution >= 4 is 6.09 Å². The summed E-state index contributed by atoms with van der Waals surface area (Å²) in [6.45, 7) is 9.80. The Morgan fingerprint density at radius 2 is 1.93 bits per heavy atom. The van der Waals surface area contributed by atoms with Gasteiger partial charge in [0.2, 0.25) is 0 Å². The molecular weight excluding hydrogens is 182 g/mol. The predicted octanol–water partition coefficient (Wildman–Crippen LogP) is 2.24. The molecule has 4 heteroatoms. The normalized spacial score (nSPS) is 13.6. The molecule has 14 heavy (non-hydrogen) atoms. The number of carbonyl (C=O) groups is 1. The molecule has 1 amide bonds. The van der Waals surface area contributed by atoms with Crippen molar-refractivity contribution in [2.75, 3.05) is 13.7 Å². The lowest BCUT2D eigenvalue weighted by Gasteiger charge is -2.29. The Morgan fingerprint density at radius 1 is 1.43 bits per heavy atom. The molecule has 0 aromatic heterocycles. The lowest BCUT2D eigenvalue weighted by Crippen LogP contribution is -2.42. The lowest BCUT2D eigenvalue weighted by atomic mass is 10.2. The molecule has 0 spiro atoms. The maximum Gasteiger partial charge on any atom is 0.412 e. The molecule has 0 rings (SSSR count). The molecule has 0 fully saturated rings. The fraction of sp³-hybridized carbons (Fsp3) is 0.900. The summed E-state index contributed by atoms with van der Waals surface area (Å²) < 4.78 is 10.3. The van der Waals surface area contributed by atoms with E-state index < -0.39 is 5.60 Å². The number of carbonyl (C=O) groups excluding carboxylic acids is 1. The van der Waals surface area contributed by atoms with Gasteiger partial charge in [-0.3, -0.25) is 4.90 Å². The average Bonchev–Trinajstić information content (AvgIpc) is 2.01. The second-order valence-corrected chi connectivity index (χ2v) is 4.10. The van der Waals surface area contributed by atoms with E-state index >= 15 is 0 Å². The summed E-state index contributed by atoms with van der Waals surface area (Å²) in [6, 6.07) is 0. The van der Waals surface area contributed by atoms with Gasteiger partial charge < -0.3 is 9.47 Å². The average molecular weight is 203 g/mol. The molecule has 0 heterocycles. The van der Waals surface area contributed by atoms with Crippen LogP contribution in [0.2, 0.25) is 0 Å². The van der Waals surface area contributed by atoms with E-state index in [0.717, 1.165) is 0 Å². The van der Waals surface area contributed by atoms with Gasteiger partial charge in [0.15, 0.2) is 0 Å². The van der Waals surface area contributed by atoms with Gasteiger partial charge in [0.25, 0.3) is 0 Å². The molecule has 0 radical (unpaired) electrons. The smallest absolute Gasteiger partial charge is 0.412 e. The van der Waals surface area contributed by atoms with Crippen LogP contribution in [0.5, 0.6) is 0 Å². The molecule has 84 valence electrons. The van der Waals surface area contributed by atoms with Gasteiger partial charge in [-0.25, -0.2) is 4.79 Å². The van der Waals surface area contributed by atoms with Gasteiger partial charge in [0, 0.05) is 13.7 Å².